The summed E-state index contributed by atoms with van der Waals surface area (Å²) in [5.41, 5.74) is 12.3. The first-order chi connectivity index (χ1) is 20.8. The highest BCUT2D eigenvalue weighted by atomic mass is 16.5. The molecule has 7 aromatic rings. The van der Waals surface area contributed by atoms with Gasteiger partial charge in [0.25, 0.3) is 0 Å². The normalized spacial score (nSPS) is 13.6. The largest absolute Gasteiger partial charge is 0.457 e. The summed E-state index contributed by atoms with van der Waals surface area (Å²) >= 11 is 0. The first-order valence-electron chi connectivity index (χ1n) is 14.4. The fourth-order valence-electron chi connectivity index (χ4n) is 7.17. The molecular formula is C40H25NO. The fraction of sp³-hybridized carbons (Fsp3) is 0.0250. The van der Waals surface area contributed by atoms with Gasteiger partial charge in [-0.3, -0.25) is 0 Å². The minimum Gasteiger partial charge on any atom is -0.457 e. The molecule has 2 nitrogen and oxygen atoms in total. The van der Waals surface area contributed by atoms with Gasteiger partial charge in [0, 0.05) is 27.6 Å². The molecule has 2 heterocycles. The lowest BCUT2D eigenvalue weighted by molar-refractivity contribution is 0.436. The summed E-state index contributed by atoms with van der Waals surface area (Å²) in [5, 5.41) is 1.12. The molecule has 2 heteroatoms. The number of benzene rings is 6. The van der Waals surface area contributed by atoms with Gasteiger partial charge in [0.05, 0.1) is 16.6 Å². The molecule has 1 spiro atoms. The molecule has 0 fully saturated rings. The summed E-state index contributed by atoms with van der Waals surface area (Å²) in [6.07, 6.45) is 0. The first-order valence-corrected chi connectivity index (χ1v) is 14.4. The topological polar surface area (TPSA) is 22.1 Å². The Kier molecular flexibility index (Phi) is 4.85. The van der Waals surface area contributed by atoms with Crippen molar-refractivity contribution in [1.82, 2.24) is 4.98 Å². The highest BCUT2D eigenvalue weighted by Gasteiger charge is 2.50. The van der Waals surface area contributed by atoms with Crippen LogP contribution in [0.4, 0.5) is 0 Å². The molecule has 9 rings (SSSR count). The van der Waals surface area contributed by atoms with Crippen molar-refractivity contribution in [2.75, 3.05) is 0 Å². The Bertz CT molecular complexity index is 2130. The molecule has 0 unspecified atom stereocenters. The van der Waals surface area contributed by atoms with Crippen LogP contribution in [0.2, 0.25) is 0 Å². The second kappa shape index (κ2) is 8.76. The number of nitrogens with zero attached hydrogens (tertiary/aromatic N) is 1. The van der Waals surface area contributed by atoms with Crippen LogP contribution in [0.3, 0.4) is 0 Å². The van der Waals surface area contributed by atoms with Gasteiger partial charge >= 0.3 is 0 Å². The van der Waals surface area contributed by atoms with Crippen molar-refractivity contribution in [1.29, 1.82) is 0 Å². The average molecular weight is 536 g/mol. The molecule has 1 aliphatic carbocycles. The van der Waals surface area contributed by atoms with Crippen LogP contribution in [0.5, 0.6) is 11.5 Å². The van der Waals surface area contributed by atoms with E-state index in [2.05, 4.69) is 146 Å². The zero-order valence-electron chi connectivity index (χ0n) is 22.8. The van der Waals surface area contributed by atoms with Crippen molar-refractivity contribution in [2.45, 2.75) is 5.41 Å². The monoisotopic (exact) mass is 535 g/mol. The molecule has 2 aliphatic rings. The fourth-order valence-corrected chi connectivity index (χ4v) is 7.17. The van der Waals surface area contributed by atoms with Crippen molar-refractivity contribution in [3.8, 4) is 45.0 Å². The van der Waals surface area contributed by atoms with Crippen LogP contribution in [0.1, 0.15) is 22.3 Å². The Balaban J connectivity index is 1.34. The van der Waals surface area contributed by atoms with Crippen LogP contribution in [-0.4, -0.2) is 4.98 Å². The van der Waals surface area contributed by atoms with Crippen LogP contribution in [0, 0.1) is 0 Å². The van der Waals surface area contributed by atoms with Gasteiger partial charge in [-0.2, -0.15) is 0 Å². The maximum atomic E-state index is 6.63. The molecule has 0 atom stereocenters. The van der Waals surface area contributed by atoms with Gasteiger partial charge < -0.3 is 4.74 Å². The van der Waals surface area contributed by atoms with E-state index in [4.69, 9.17) is 9.72 Å². The highest BCUT2D eigenvalue weighted by Crippen LogP contribution is 2.62. The number of fused-ring (bicyclic) bond motifs is 10. The van der Waals surface area contributed by atoms with Crippen LogP contribution in [0.25, 0.3) is 44.4 Å². The summed E-state index contributed by atoms with van der Waals surface area (Å²) < 4.78 is 6.63. The average Bonchev–Trinajstić information content (AvgIpc) is 3.36. The van der Waals surface area contributed by atoms with Crippen molar-refractivity contribution in [2.24, 2.45) is 0 Å². The van der Waals surface area contributed by atoms with Gasteiger partial charge in [-0.15, -0.1) is 0 Å². The summed E-state index contributed by atoms with van der Waals surface area (Å²) in [6.45, 7) is 0. The number of aromatic nitrogens is 1. The first kappa shape index (κ1) is 23.3. The van der Waals surface area contributed by atoms with E-state index in [0.717, 1.165) is 50.3 Å². The zero-order valence-corrected chi connectivity index (χ0v) is 22.8. The Morgan fingerprint density at radius 1 is 0.429 bits per heavy atom. The number of hydrogen-bond acceptors (Lipinski definition) is 2. The van der Waals surface area contributed by atoms with Gasteiger partial charge in [-0.25, -0.2) is 4.98 Å². The molecule has 0 saturated heterocycles. The van der Waals surface area contributed by atoms with E-state index in [1.165, 1.54) is 27.8 Å². The maximum Gasteiger partial charge on any atom is 0.132 e. The maximum absolute atomic E-state index is 6.63. The van der Waals surface area contributed by atoms with Gasteiger partial charge in [0.15, 0.2) is 0 Å². The van der Waals surface area contributed by atoms with Crippen LogP contribution in [-0.2, 0) is 5.41 Å². The lowest BCUT2D eigenvalue weighted by Gasteiger charge is -2.39. The standard InChI is InChI=1S/C40H25NO/c1-2-11-26(12-3-1)36-23-21-27-13-10-16-29(39(27)41-36)28-22-24-38-35(25-28)40(34-19-8-9-20-37(34)42-38)32-17-6-4-14-30(32)31-15-5-7-18-33(31)40/h1-25H. The van der Waals surface area contributed by atoms with Crippen molar-refractivity contribution in [3.63, 3.8) is 0 Å². The Labute approximate surface area is 244 Å². The summed E-state index contributed by atoms with van der Waals surface area (Å²) in [4.78, 5) is 5.20. The predicted molar refractivity (Wildman–Crippen MR) is 170 cm³/mol. The number of pyridine rings is 1. The SMILES string of the molecule is c1ccc(-c2ccc3cccc(-c4ccc5c(c4)C4(c6ccccc6O5)c5ccccc5-c5ccccc54)c3n2)cc1. The number of ether oxygens (including phenoxy) is 1. The lowest BCUT2D eigenvalue weighted by Crippen LogP contribution is -2.32. The Hall–Kier alpha value is -5.47. The van der Waals surface area contributed by atoms with Gasteiger partial charge in [-0.1, -0.05) is 127 Å². The van der Waals surface area contributed by atoms with Gasteiger partial charge in [0.2, 0.25) is 0 Å². The van der Waals surface area contributed by atoms with E-state index in [1.54, 1.807) is 0 Å². The van der Waals surface area contributed by atoms with E-state index in [-0.39, 0.29) is 0 Å². The van der Waals surface area contributed by atoms with E-state index < -0.39 is 5.41 Å². The smallest absolute Gasteiger partial charge is 0.132 e. The minimum atomic E-state index is -0.486. The molecule has 0 bridgehead atoms. The molecule has 6 aromatic carbocycles. The molecule has 0 amide bonds. The second-order valence-electron chi connectivity index (χ2n) is 11.1. The molecule has 1 aromatic heterocycles. The summed E-state index contributed by atoms with van der Waals surface area (Å²) in [5.74, 6) is 1.80. The second-order valence-corrected chi connectivity index (χ2v) is 11.1. The zero-order chi connectivity index (χ0) is 27.7. The molecule has 0 N–H and O–H groups in total. The number of rotatable bonds is 2. The molecule has 0 radical (unpaired) electrons. The number of para-hydroxylation sites is 2. The Morgan fingerprint density at radius 2 is 1.07 bits per heavy atom. The molecule has 1 aliphatic heterocycles. The third kappa shape index (κ3) is 3.12. The quantitative estimate of drug-likeness (QED) is 0.220. The Morgan fingerprint density at radius 3 is 1.86 bits per heavy atom. The lowest BCUT2D eigenvalue weighted by atomic mass is 9.66. The van der Waals surface area contributed by atoms with E-state index in [9.17, 15) is 0 Å². The summed E-state index contributed by atoms with van der Waals surface area (Å²) in [6, 6.07) is 54.0. The van der Waals surface area contributed by atoms with E-state index in [0.29, 0.717) is 0 Å². The van der Waals surface area contributed by atoms with E-state index >= 15 is 0 Å². The van der Waals surface area contributed by atoms with Crippen LogP contribution >= 0.6 is 0 Å². The number of hydrogen-bond donors (Lipinski definition) is 0. The minimum absolute atomic E-state index is 0.486. The third-order valence-electron chi connectivity index (χ3n) is 8.95. The highest BCUT2D eigenvalue weighted by molar-refractivity contribution is 5.96. The van der Waals surface area contributed by atoms with Gasteiger partial charge in [0.1, 0.15) is 11.5 Å². The van der Waals surface area contributed by atoms with Crippen LogP contribution in [0.15, 0.2) is 152 Å². The van der Waals surface area contributed by atoms with Crippen molar-refractivity contribution in [3.05, 3.63) is 174 Å². The van der Waals surface area contributed by atoms with Crippen molar-refractivity contribution < 1.29 is 4.74 Å². The third-order valence-corrected chi connectivity index (χ3v) is 8.95. The predicted octanol–water partition coefficient (Wildman–Crippen LogP) is 10.0. The molecule has 42 heavy (non-hydrogen) atoms. The molecule has 196 valence electrons. The van der Waals surface area contributed by atoms with Crippen molar-refractivity contribution >= 4 is 10.9 Å². The molecule has 0 saturated carbocycles. The molecular weight excluding hydrogens is 510 g/mol. The van der Waals surface area contributed by atoms with Gasteiger partial charge in [-0.05, 0) is 52.1 Å². The van der Waals surface area contributed by atoms with Crippen LogP contribution < -0.4 is 4.74 Å². The summed E-state index contributed by atoms with van der Waals surface area (Å²) in [7, 11) is 0. The van der Waals surface area contributed by atoms with E-state index in [1.807, 2.05) is 6.07 Å².